The van der Waals surface area contributed by atoms with Crippen molar-refractivity contribution in [1.29, 1.82) is 0 Å². The number of hydrogen-bond acceptors (Lipinski definition) is 4. The van der Waals surface area contributed by atoms with Crippen molar-refractivity contribution in [2.45, 2.75) is 81.8 Å². The minimum absolute atomic E-state index is 0.0361. The Hall–Kier alpha value is -2.61. The summed E-state index contributed by atoms with van der Waals surface area (Å²) in [7, 11) is 4.32. The van der Waals surface area contributed by atoms with Crippen molar-refractivity contribution < 1.29 is 19.5 Å². The summed E-state index contributed by atoms with van der Waals surface area (Å²) in [5.74, 6) is -0.684. The number of carboxylic acid groups (broad SMARTS) is 1. The molecule has 0 atom stereocenters. The first-order valence-electron chi connectivity index (χ1n) is 13.3. The second-order valence-electron chi connectivity index (χ2n) is 12.0. The molecule has 1 aliphatic heterocycles. The molecule has 1 spiro atoms. The van der Waals surface area contributed by atoms with E-state index in [0.29, 0.717) is 19.0 Å². The van der Waals surface area contributed by atoms with Crippen molar-refractivity contribution in [3.63, 3.8) is 0 Å². The van der Waals surface area contributed by atoms with Gasteiger partial charge in [0.2, 0.25) is 5.91 Å². The quantitative estimate of drug-likeness (QED) is 0.514. The fraction of sp³-hybridized carbons (Fsp3) is 0.679. The largest absolute Gasteiger partial charge is 0.481 e. The standard InChI is InChI=1S/C28H42N4O4/c1-26(2,29-23(33)12-13-24(34)35)19-31-20-27(32(25(31)36)18-21-10-11-21)14-16-28(17-15-27,30(3)4)22-8-6-5-7-9-22/h5-9,21H,10-20H2,1-4H3,(H,29,33)(H,34,35). The van der Waals surface area contributed by atoms with E-state index in [2.05, 4.69) is 59.5 Å². The summed E-state index contributed by atoms with van der Waals surface area (Å²) in [6, 6.07) is 10.8. The predicted molar refractivity (Wildman–Crippen MR) is 138 cm³/mol. The van der Waals surface area contributed by atoms with Crippen LogP contribution < -0.4 is 5.32 Å². The molecule has 198 valence electrons. The van der Waals surface area contributed by atoms with Crippen molar-refractivity contribution in [2.75, 3.05) is 33.7 Å². The fourth-order valence-electron chi connectivity index (χ4n) is 6.31. The summed E-state index contributed by atoms with van der Waals surface area (Å²) < 4.78 is 0. The molecular weight excluding hydrogens is 456 g/mol. The average Bonchev–Trinajstić information content (AvgIpc) is 3.61. The van der Waals surface area contributed by atoms with Crippen LogP contribution in [0.25, 0.3) is 0 Å². The van der Waals surface area contributed by atoms with Crippen molar-refractivity contribution >= 4 is 17.9 Å². The third kappa shape index (κ3) is 5.53. The lowest BCUT2D eigenvalue weighted by Gasteiger charge is -2.51. The summed E-state index contributed by atoms with van der Waals surface area (Å²) in [6.45, 7) is 5.71. The number of hydrogen-bond donors (Lipinski definition) is 2. The Bertz CT molecular complexity index is 965. The highest BCUT2D eigenvalue weighted by Crippen LogP contribution is 2.50. The van der Waals surface area contributed by atoms with Crippen molar-refractivity contribution in [1.82, 2.24) is 20.0 Å². The third-order valence-electron chi connectivity index (χ3n) is 8.50. The van der Waals surface area contributed by atoms with Crippen LogP contribution in [0.2, 0.25) is 0 Å². The number of nitrogens with zero attached hydrogens (tertiary/aromatic N) is 3. The van der Waals surface area contributed by atoms with Crippen LogP contribution in [-0.2, 0) is 15.1 Å². The Balaban J connectivity index is 1.50. The molecule has 2 saturated carbocycles. The number of carbonyl (C=O) groups is 3. The van der Waals surface area contributed by atoms with Gasteiger partial charge in [-0.05, 0) is 77.9 Å². The Morgan fingerprint density at radius 2 is 1.72 bits per heavy atom. The summed E-state index contributed by atoms with van der Waals surface area (Å²) >= 11 is 0. The molecule has 2 N–H and O–H groups in total. The van der Waals surface area contributed by atoms with Crippen molar-refractivity contribution in [2.24, 2.45) is 5.92 Å². The molecule has 8 nitrogen and oxygen atoms in total. The third-order valence-corrected chi connectivity index (χ3v) is 8.50. The summed E-state index contributed by atoms with van der Waals surface area (Å²) in [5, 5.41) is 11.8. The van der Waals surface area contributed by atoms with E-state index >= 15 is 0 Å². The minimum atomic E-state index is -0.989. The number of carboxylic acids is 1. The first-order valence-corrected chi connectivity index (χ1v) is 13.3. The van der Waals surface area contributed by atoms with Crippen LogP contribution in [-0.4, -0.2) is 82.5 Å². The van der Waals surface area contributed by atoms with Gasteiger partial charge in [0.15, 0.2) is 0 Å². The van der Waals surface area contributed by atoms with Crippen molar-refractivity contribution in [3.05, 3.63) is 35.9 Å². The molecule has 0 radical (unpaired) electrons. The second kappa shape index (κ2) is 10.0. The van der Waals surface area contributed by atoms with Gasteiger partial charge in [0.05, 0.1) is 17.5 Å². The van der Waals surface area contributed by atoms with Gasteiger partial charge in [-0.2, -0.15) is 0 Å². The molecule has 1 aromatic carbocycles. The van der Waals surface area contributed by atoms with Gasteiger partial charge in [0, 0.05) is 31.6 Å². The van der Waals surface area contributed by atoms with Gasteiger partial charge < -0.3 is 20.2 Å². The summed E-state index contributed by atoms with van der Waals surface area (Å²) in [4.78, 5) is 43.3. The molecule has 4 rings (SSSR count). The molecule has 8 heteroatoms. The zero-order valence-corrected chi connectivity index (χ0v) is 22.3. The van der Waals surface area contributed by atoms with Crippen LogP contribution in [0.5, 0.6) is 0 Å². The van der Waals surface area contributed by atoms with Crippen LogP contribution in [0.4, 0.5) is 4.79 Å². The van der Waals surface area contributed by atoms with Crippen molar-refractivity contribution in [3.8, 4) is 0 Å². The molecule has 0 unspecified atom stereocenters. The van der Waals surface area contributed by atoms with E-state index in [9.17, 15) is 14.4 Å². The first kappa shape index (κ1) is 26.5. The van der Waals surface area contributed by atoms with E-state index in [1.54, 1.807) is 0 Å². The summed E-state index contributed by atoms with van der Waals surface area (Å²) in [6.07, 6.45) is 5.99. The van der Waals surface area contributed by atoms with E-state index in [-0.39, 0.29) is 35.9 Å². The zero-order chi connectivity index (χ0) is 26.1. The molecule has 3 amide bonds. The minimum Gasteiger partial charge on any atom is -0.481 e. The highest BCUT2D eigenvalue weighted by Gasteiger charge is 2.55. The first-order chi connectivity index (χ1) is 17.0. The lowest BCUT2D eigenvalue weighted by atomic mass is 9.68. The molecular formula is C28H42N4O4. The molecule has 1 saturated heterocycles. The number of aliphatic carboxylic acids is 1. The molecule has 3 fully saturated rings. The van der Waals surface area contributed by atoms with Gasteiger partial charge in [0.1, 0.15) is 0 Å². The average molecular weight is 499 g/mol. The molecule has 36 heavy (non-hydrogen) atoms. The smallest absolute Gasteiger partial charge is 0.320 e. The van der Waals surface area contributed by atoms with E-state index in [1.807, 2.05) is 18.7 Å². The van der Waals surface area contributed by atoms with Crippen LogP contribution >= 0.6 is 0 Å². The SMILES string of the molecule is CN(C)C1(c2ccccc2)CCC2(CC1)CN(CC(C)(C)NC(=O)CCC(=O)O)C(=O)N2CC1CC1. The highest BCUT2D eigenvalue weighted by molar-refractivity contribution is 5.81. The van der Waals surface area contributed by atoms with Gasteiger partial charge >= 0.3 is 12.0 Å². The van der Waals surface area contributed by atoms with Crippen LogP contribution in [0.15, 0.2) is 30.3 Å². The van der Waals surface area contributed by atoms with E-state index in [4.69, 9.17) is 5.11 Å². The predicted octanol–water partition coefficient (Wildman–Crippen LogP) is 3.66. The topological polar surface area (TPSA) is 93.2 Å². The molecule has 0 bridgehead atoms. The normalized spacial score (nSPS) is 26.6. The molecule has 3 aliphatic rings. The molecule has 0 aromatic heterocycles. The highest BCUT2D eigenvalue weighted by atomic mass is 16.4. The van der Waals surface area contributed by atoms with Gasteiger partial charge in [-0.15, -0.1) is 0 Å². The molecule has 2 aliphatic carbocycles. The van der Waals surface area contributed by atoms with Gasteiger partial charge in [-0.1, -0.05) is 30.3 Å². The van der Waals surface area contributed by atoms with E-state index < -0.39 is 11.5 Å². The Morgan fingerprint density at radius 3 is 2.28 bits per heavy atom. The monoisotopic (exact) mass is 498 g/mol. The molecule has 1 aromatic rings. The number of carbonyl (C=O) groups excluding carboxylic acids is 2. The number of urea groups is 1. The Kier molecular flexibility index (Phi) is 7.37. The van der Waals surface area contributed by atoms with Gasteiger partial charge in [-0.3, -0.25) is 14.5 Å². The second-order valence-corrected chi connectivity index (χ2v) is 12.0. The maximum Gasteiger partial charge on any atom is 0.320 e. The van der Waals surface area contributed by atoms with Crippen LogP contribution in [0, 0.1) is 5.92 Å². The lowest BCUT2D eigenvalue weighted by molar-refractivity contribution is -0.139. The number of nitrogens with one attached hydrogen (secondary N) is 1. The number of rotatable bonds is 10. The maximum atomic E-state index is 13.7. The van der Waals surface area contributed by atoms with Gasteiger partial charge in [0.25, 0.3) is 0 Å². The Morgan fingerprint density at radius 1 is 1.08 bits per heavy atom. The van der Waals surface area contributed by atoms with Crippen LogP contribution in [0.3, 0.4) is 0 Å². The summed E-state index contributed by atoms with van der Waals surface area (Å²) in [5.41, 5.74) is 0.474. The Labute approximate surface area is 215 Å². The number of benzene rings is 1. The maximum absolute atomic E-state index is 13.7. The number of amides is 3. The van der Waals surface area contributed by atoms with E-state index in [0.717, 1.165) is 32.2 Å². The lowest BCUT2D eigenvalue weighted by Crippen LogP contribution is -2.55. The fourth-order valence-corrected chi connectivity index (χ4v) is 6.31. The van der Waals surface area contributed by atoms with Crippen LogP contribution in [0.1, 0.15) is 70.8 Å². The zero-order valence-electron chi connectivity index (χ0n) is 22.3. The van der Waals surface area contributed by atoms with E-state index in [1.165, 1.54) is 18.4 Å². The molecule has 1 heterocycles. The van der Waals surface area contributed by atoms with Gasteiger partial charge in [-0.25, -0.2) is 4.79 Å².